The Morgan fingerprint density at radius 1 is 1.08 bits per heavy atom. The van der Waals surface area contributed by atoms with E-state index in [4.69, 9.17) is 4.98 Å². The Kier molecular flexibility index (Phi) is 6.56. The largest absolute Gasteiger partial charge is 0.359 e. The Bertz CT molecular complexity index is 1660. The quantitative estimate of drug-likeness (QED) is 0.200. The highest BCUT2D eigenvalue weighted by molar-refractivity contribution is 6.00. The van der Waals surface area contributed by atoms with E-state index in [1.165, 1.54) is 0 Å². The summed E-state index contributed by atoms with van der Waals surface area (Å²) in [6.45, 7) is 14.3. The fourth-order valence-corrected chi connectivity index (χ4v) is 4.25. The summed E-state index contributed by atoms with van der Waals surface area (Å²) in [7, 11) is 0. The van der Waals surface area contributed by atoms with Gasteiger partial charge in [0.05, 0.1) is 16.9 Å². The highest BCUT2D eigenvalue weighted by Crippen LogP contribution is 2.33. The van der Waals surface area contributed by atoms with Crippen molar-refractivity contribution < 1.29 is 0 Å². The van der Waals surface area contributed by atoms with E-state index < -0.39 is 0 Å². The number of hydrogen-bond donors (Lipinski definition) is 3. The second-order valence-electron chi connectivity index (χ2n) is 9.21. The number of H-pyrrole nitrogens is 2. The number of nitrogens with zero attached hydrogens (tertiary/aromatic N) is 3. The molecule has 0 unspecified atom stereocenters. The lowest BCUT2D eigenvalue weighted by atomic mass is 10.0. The number of aromatic nitrogens is 5. The molecule has 0 amide bonds. The smallest absolute Gasteiger partial charge is 0.135 e. The van der Waals surface area contributed by atoms with Gasteiger partial charge in [0.1, 0.15) is 11.2 Å². The number of hydrogen-bond acceptors (Lipinski definition) is 4. The van der Waals surface area contributed by atoms with Gasteiger partial charge in [-0.3, -0.25) is 10.1 Å². The Balaban J connectivity index is 1.56. The van der Waals surface area contributed by atoms with Crippen LogP contribution in [0.2, 0.25) is 0 Å². The number of rotatable bonds is 8. The second-order valence-corrected chi connectivity index (χ2v) is 9.21. The standard InChI is InChI=1S/C31H30N6/c1-6-21(16-23(7-2)33-20(5)19(3)4)26-13-14-28-30(35-26)31(37-36-28)29-17-25-24(11-8-12-27(25)34-29)22-10-9-15-32-18-22/h6-19,33-34H,2,5H2,1,3-4H3,(H,36,37)/b21-6+,23-16+. The molecule has 0 saturated heterocycles. The van der Waals surface area contributed by atoms with E-state index in [9.17, 15) is 0 Å². The molecule has 0 atom stereocenters. The lowest BCUT2D eigenvalue weighted by molar-refractivity contribution is 0.710. The van der Waals surface area contributed by atoms with Crippen LogP contribution in [0, 0.1) is 5.92 Å². The van der Waals surface area contributed by atoms with Gasteiger partial charge in [-0.05, 0) is 66.5 Å². The molecule has 0 aliphatic carbocycles. The van der Waals surface area contributed by atoms with E-state index in [1.54, 1.807) is 12.3 Å². The molecule has 0 aliphatic rings. The minimum Gasteiger partial charge on any atom is -0.359 e. The third kappa shape index (κ3) is 4.74. The summed E-state index contributed by atoms with van der Waals surface area (Å²) in [6.07, 6.45) is 9.55. The average molecular weight is 487 g/mol. The highest BCUT2D eigenvalue weighted by atomic mass is 15.1. The minimum atomic E-state index is 0.315. The van der Waals surface area contributed by atoms with Crippen LogP contribution in [0.4, 0.5) is 0 Å². The van der Waals surface area contributed by atoms with Gasteiger partial charge in [-0.25, -0.2) is 4.98 Å². The molecule has 37 heavy (non-hydrogen) atoms. The Labute approximate surface area is 216 Å². The summed E-state index contributed by atoms with van der Waals surface area (Å²) < 4.78 is 0. The number of pyridine rings is 2. The van der Waals surface area contributed by atoms with Crippen LogP contribution in [0.5, 0.6) is 0 Å². The molecule has 0 saturated carbocycles. The van der Waals surface area contributed by atoms with E-state index >= 15 is 0 Å². The molecule has 0 spiro atoms. The SMILES string of the molecule is C=C/C(=C\C(=C/C)c1ccc2[nH]nc(-c3cc4c(-c5cccnc5)cccc4[nH]3)c2n1)NC(=C)C(C)C. The fraction of sp³-hybridized carbons (Fsp3) is 0.129. The molecule has 3 N–H and O–H groups in total. The van der Waals surface area contributed by atoms with Crippen molar-refractivity contribution in [3.05, 3.63) is 109 Å². The van der Waals surface area contributed by atoms with Gasteiger partial charge in [-0.1, -0.05) is 51.3 Å². The maximum Gasteiger partial charge on any atom is 0.135 e. The van der Waals surface area contributed by atoms with Crippen LogP contribution >= 0.6 is 0 Å². The molecule has 0 fully saturated rings. The highest BCUT2D eigenvalue weighted by Gasteiger charge is 2.16. The molecule has 4 aromatic heterocycles. The Morgan fingerprint density at radius 2 is 1.95 bits per heavy atom. The van der Waals surface area contributed by atoms with Crippen molar-refractivity contribution in [3.8, 4) is 22.5 Å². The molecule has 6 nitrogen and oxygen atoms in total. The van der Waals surface area contributed by atoms with E-state index in [0.29, 0.717) is 5.92 Å². The molecule has 4 heterocycles. The number of fused-ring (bicyclic) bond motifs is 2. The van der Waals surface area contributed by atoms with E-state index in [2.05, 4.69) is 76.8 Å². The number of nitrogens with one attached hydrogen (secondary N) is 3. The van der Waals surface area contributed by atoms with Crippen molar-refractivity contribution in [1.82, 2.24) is 30.5 Å². The summed E-state index contributed by atoms with van der Waals surface area (Å²) in [5, 5.41) is 12.2. The van der Waals surface area contributed by atoms with Crippen LogP contribution in [-0.2, 0) is 0 Å². The van der Waals surface area contributed by atoms with Crippen LogP contribution in [0.25, 0.3) is 50.0 Å². The third-order valence-electron chi connectivity index (χ3n) is 6.44. The van der Waals surface area contributed by atoms with Gasteiger partial charge in [0, 0.05) is 40.3 Å². The molecule has 184 valence electrons. The zero-order valence-electron chi connectivity index (χ0n) is 21.3. The summed E-state index contributed by atoms with van der Waals surface area (Å²) in [6, 6.07) is 16.4. The van der Waals surface area contributed by atoms with Crippen LogP contribution in [0.1, 0.15) is 26.5 Å². The molecular formula is C31H30N6. The van der Waals surface area contributed by atoms with Crippen molar-refractivity contribution in [3.63, 3.8) is 0 Å². The number of aromatic amines is 2. The predicted molar refractivity (Wildman–Crippen MR) is 153 cm³/mol. The first kappa shape index (κ1) is 24.0. The Morgan fingerprint density at radius 3 is 2.68 bits per heavy atom. The van der Waals surface area contributed by atoms with E-state index in [0.717, 1.165) is 67.1 Å². The summed E-state index contributed by atoms with van der Waals surface area (Å²) in [4.78, 5) is 12.8. The zero-order valence-corrected chi connectivity index (χ0v) is 21.3. The van der Waals surface area contributed by atoms with Gasteiger partial charge in [0.15, 0.2) is 0 Å². The van der Waals surface area contributed by atoms with E-state index in [1.807, 2.05) is 49.5 Å². The van der Waals surface area contributed by atoms with Gasteiger partial charge in [-0.2, -0.15) is 5.10 Å². The molecule has 1 aromatic carbocycles. The van der Waals surface area contributed by atoms with Crippen LogP contribution in [-0.4, -0.2) is 25.1 Å². The zero-order chi connectivity index (χ0) is 25.9. The van der Waals surface area contributed by atoms with Crippen molar-refractivity contribution >= 4 is 27.5 Å². The average Bonchev–Trinajstić information content (AvgIpc) is 3.54. The summed E-state index contributed by atoms with van der Waals surface area (Å²) in [5.41, 5.74) is 10.2. The van der Waals surface area contributed by atoms with Gasteiger partial charge in [0.25, 0.3) is 0 Å². The first-order valence-corrected chi connectivity index (χ1v) is 12.3. The van der Waals surface area contributed by atoms with Gasteiger partial charge in [-0.15, -0.1) is 0 Å². The van der Waals surface area contributed by atoms with Gasteiger partial charge in [0.2, 0.25) is 0 Å². The summed E-state index contributed by atoms with van der Waals surface area (Å²) in [5.74, 6) is 0.315. The van der Waals surface area contributed by atoms with Crippen LogP contribution in [0.15, 0.2) is 104 Å². The topological polar surface area (TPSA) is 82.3 Å². The fourth-order valence-electron chi connectivity index (χ4n) is 4.25. The third-order valence-corrected chi connectivity index (χ3v) is 6.44. The molecule has 5 aromatic rings. The Hall–Kier alpha value is -4.71. The first-order chi connectivity index (χ1) is 18.0. The second kappa shape index (κ2) is 10.1. The maximum atomic E-state index is 5.01. The lowest BCUT2D eigenvalue weighted by Gasteiger charge is -2.14. The molecule has 6 heteroatoms. The molecule has 0 aliphatic heterocycles. The van der Waals surface area contributed by atoms with Crippen molar-refractivity contribution in [2.45, 2.75) is 20.8 Å². The van der Waals surface area contributed by atoms with Crippen molar-refractivity contribution in [2.75, 3.05) is 0 Å². The minimum absolute atomic E-state index is 0.315. The molecule has 0 bridgehead atoms. The normalized spacial score (nSPS) is 12.4. The molecule has 0 radical (unpaired) electrons. The monoisotopic (exact) mass is 486 g/mol. The number of benzene rings is 1. The maximum absolute atomic E-state index is 5.01. The van der Waals surface area contributed by atoms with Gasteiger partial charge >= 0.3 is 0 Å². The molecular weight excluding hydrogens is 456 g/mol. The summed E-state index contributed by atoms with van der Waals surface area (Å²) >= 11 is 0. The lowest BCUT2D eigenvalue weighted by Crippen LogP contribution is -2.14. The van der Waals surface area contributed by atoms with Crippen LogP contribution < -0.4 is 5.32 Å². The molecule has 5 rings (SSSR count). The number of allylic oxidation sites excluding steroid dienone is 5. The predicted octanol–water partition coefficient (Wildman–Crippen LogP) is 7.40. The first-order valence-electron chi connectivity index (χ1n) is 12.3. The van der Waals surface area contributed by atoms with Crippen molar-refractivity contribution in [2.24, 2.45) is 5.92 Å². The van der Waals surface area contributed by atoms with Crippen LogP contribution in [0.3, 0.4) is 0 Å². The van der Waals surface area contributed by atoms with E-state index in [-0.39, 0.29) is 0 Å². The van der Waals surface area contributed by atoms with Gasteiger partial charge < -0.3 is 10.3 Å². The van der Waals surface area contributed by atoms with Crippen molar-refractivity contribution in [1.29, 1.82) is 0 Å².